The van der Waals surface area contributed by atoms with Crippen molar-refractivity contribution >= 4 is 46.0 Å². The fourth-order valence-electron chi connectivity index (χ4n) is 2.82. The smallest absolute Gasteiger partial charge is 0.267 e. The van der Waals surface area contributed by atoms with Gasteiger partial charge in [0.25, 0.3) is 5.56 Å². The predicted molar refractivity (Wildman–Crippen MR) is 109 cm³/mol. The third kappa shape index (κ3) is 2.94. The van der Waals surface area contributed by atoms with E-state index in [-0.39, 0.29) is 26.8 Å². The summed E-state index contributed by atoms with van der Waals surface area (Å²) in [6, 6.07) is 11.9. The summed E-state index contributed by atoms with van der Waals surface area (Å²) < 4.78 is 2.77. The standard InChI is InChI=1S/C18H10Cl2N6OS/c1-28-18-22-9-11-16(24-18)25(14-7-3-6-13(20)23-14)26(17(11)27)15-10(8-21)4-2-5-12(15)19/h2-7,9H,1H3. The largest absolute Gasteiger partial charge is 0.283 e. The number of nitrogens with zero attached hydrogens (tertiary/aromatic N) is 6. The Balaban J connectivity index is 2.22. The van der Waals surface area contributed by atoms with Crippen molar-refractivity contribution in [3.05, 3.63) is 68.7 Å². The molecule has 0 saturated carbocycles. The predicted octanol–water partition coefficient (Wildman–Crippen LogP) is 3.87. The van der Waals surface area contributed by atoms with Gasteiger partial charge in [-0.3, -0.25) is 4.79 Å². The zero-order valence-electron chi connectivity index (χ0n) is 14.3. The molecule has 10 heteroatoms. The van der Waals surface area contributed by atoms with Gasteiger partial charge >= 0.3 is 0 Å². The number of hydrogen-bond donors (Lipinski definition) is 0. The lowest BCUT2D eigenvalue weighted by atomic mass is 10.2. The van der Waals surface area contributed by atoms with Crippen molar-refractivity contribution < 1.29 is 0 Å². The van der Waals surface area contributed by atoms with Crippen LogP contribution < -0.4 is 5.56 Å². The summed E-state index contributed by atoms with van der Waals surface area (Å²) in [7, 11) is 0. The minimum Gasteiger partial charge on any atom is -0.267 e. The van der Waals surface area contributed by atoms with Gasteiger partial charge in [0.1, 0.15) is 22.3 Å². The molecule has 1 aromatic carbocycles. The zero-order valence-corrected chi connectivity index (χ0v) is 16.6. The van der Waals surface area contributed by atoms with Gasteiger partial charge in [0.2, 0.25) is 0 Å². The first-order chi connectivity index (χ1) is 13.5. The summed E-state index contributed by atoms with van der Waals surface area (Å²) in [6.45, 7) is 0. The summed E-state index contributed by atoms with van der Waals surface area (Å²) in [4.78, 5) is 26.2. The maximum Gasteiger partial charge on any atom is 0.283 e. The molecule has 0 radical (unpaired) electrons. The molecule has 4 aromatic rings. The van der Waals surface area contributed by atoms with E-state index in [1.165, 1.54) is 27.3 Å². The van der Waals surface area contributed by atoms with Crippen LogP contribution in [0, 0.1) is 11.3 Å². The number of para-hydroxylation sites is 1. The second kappa shape index (κ2) is 7.28. The van der Waals surface area contributed by atoms with Crippen molar-refractivity contribution in [3.8, 4) is 17.6 Å². The fourth-order valence-corrected chi connectivity index (χ4v) is 3.57. The van der Waals surface area contributed by atoms with Crippen LogP contribution in [0.25, 0.3) is 22.5 Å². The van der Waals surface area contributed by atoms with Crippen LogP contribution in [0.5, 0.6) is 0 Å². The molecule has 0 spiro atoms. The van der Waals surface area contributed by atoms with Crippen molar-refractivity contribution in [2.45, 2.75) is 5.16 Å². The Morgan fingerprint density at radius 3 is 2.61 bits per heavy atom. The average molecular weight is 429 g/mol. The van der Waals surface area contributed by atoms with Crippen molar-refractivity contribution in [2.75, 3.05) is 6.26 Å². The normalized spacial score (nSPS) is 10.9. The average Bonchev–Trinajstić information content (AvgIpc) is 2.99. The van der Waals surface area contributed by atoms with Crippen molar-refractivity contribution in [3.63, 3.8) is 0 Å². The van der Waals surface area contributed by atoms with E-state index in [9.17, 15) is 10.1 Å². The monoisotopic (exact) mass is 428 g/mol. The molecule has 0 aliphatic heterocycles. The number of rotatable bonds is 3. The van der Waals surface area contributed by atoms with Crippen LogP contribution in [-0.2, 0) is 0 Å². The molecule has 0 fully saturated rings. The van der Waals surface area contributed by atoms with Gasteiger partial charge in [0.05, 0.1) is 10.6 Å². The molecule has 0 atom stereocenters. The van der Waals surface area contributed by atoms with Gasteiger partial charge in [-0.25, -0.2) is 24.3 Å². The van der Waals surface area contributed by atoms with E-state index in [1.54, 1.807) is 36.4 Å². The van der Waals surface area contributed by atoms with Crippen LogP contribution in [0.2, 0.25) is 10.2 Å². The first kappa shape index (κ1) is 18.5. The lowest BCUT2D eigenvalue weighted by Gasteiger charge is -2.14. The van der Waals surface area contributed by atoms with Crippen LogP contribution in [-0.4, -0.2) is 30.6 Å². The lowest BCUT2D eigenvalue weighted by molar-refractivity contribution is 0.715. The molecule has 28 heavy (non-hydrogen) atoms. The van der Waals surface area contributed by atoms with Crippen molar-refractivity contribution in [1.82, 2.24) is 24.3 Å². The summed E-state index contributed by atoms with van der Waals surface area (Å²) >= 11 is 13.8. The highest BCUT2D eigenvalue weighted by molar-refractivity contribution is 7.98. The zero-order chi connectivity index (χ0) is 19.8. The molecule has 0 bridgehead atoms. The molecule has 7 nitrogen and oxygen atoms in total. The lowest BCUT2D eigenvalue weighted by Crippen LogP contribution is -2.22. The number of thioether (sulfide) groups is 1. The van der Waals surface area contributed by atoms with E-state index >= 15 is 0 Å². The maximum absolute atomic E-state index is 13.3. The summed E-state index contributed by atoms with van der Waals surface area (Å²) in [5.74, 6) is 0.356. The minimum absolute atomic E-state index is 0.235. The van der Waals surface area contributed by atoms with Crippen molar-refractivity contribution in [1.29, 1.82) is 5.26 Å². The number of fused-ring (bicyclic) bond motifs is 1. The Hall–Kier alpha value is -2.86. The summed E-state index contributed by atoms with van der Waals surface area (Å²) in [5.41, 5.74) is 0.387. The number of halogens is 2. The van der Waals surface area contributed by atoms with Crippen molar-refractivity contribution in [2.24, 2.45) is 0 Å². The topological polar surface area (TPSA) is 89.4 Å². The van der Waals surface area contributed by atoms with Gasteiger partial charge in [0, 0.05) is 6.20 Å². The van der Waals surface area contributed by atoms with Gasteiger partial charge in [-0.15, -0.1) is 0 Å². The molecule has 0 amide bonds. The second-order valence-electron chi connectivity index (χ2n) is 5.59. The molecule has 3 heterocycles. The van der Waals surface area contributed by atoms with E-state index < -0.39 is 5.56 Å². The van der Waals surface area contributed by atoms with Gasteiger partial charge in [0.15, 0.2) is 16.6 Å². The number of hydrogen-bond acceptors (Lipinski definition) is 6. The van der Waals surface area contributed by atoms with Gasteiger partial charge < -0.3 is 0 Å². The molecule has 0 N–H and O–H groups in total. The molecule has 0 aliphatic rings. The van der Waals surface area contributed by atoms with Gasteiger partial charge in [-0.1, -0.05) is 47.1 Å². The molecular weight excluding hydrogens is 419 g/mol. The van der Waals surface area contributed by atoms with E-state index in [0.717, 1.165) is 0 Å². The van der Waals surface area contributed by atoms with E-state index in [2.05, 4.69) is 21.0 Å². The number of aromatic nitrogens is 5. The molecule has 0 unspecified atom stereocenters. The second-order valence-corrected chi connectivity index (χ2v) is 7.16. The molecular formula is C18H10Cl2N6OS. The molecule has 4 rings (SSSR count). The summed E-state index contributed by atoms with van der Waals surface area (Å²) in [6.07, 6.45) is 3.29. The molecule has 138 valence electrons. The van der Waals surface area contributed by atoms with Gasteiger partial charge in [-0.05, 0) is 30.5 Å². The van der Waals surface area contributed by atoms with Crippen LogP contribution >= 0.6 is 35.0 Å². The molecule has 3 aromatic heterocycles. The number of nitriles is 1. The minimum atomic E-state index is -0.422. The van der Waals surface area contributed by atoms with E-state index in [0.29, 0.717) is 16.6 Å². The first-order valence-corrected chi connectivity index (χ1v) is 9.90. The van der Waals surface area contributed by atoms with Crippen LogP contribution in [0.3, 0.4) is 0 Å². The van der Waals surface area contributed by atoms with Crippen LogP contribution in [0.15, 0.2) is 52.5 Å². The highest BCUT2D eigenvalue weighted by Gasteiger charge is 2.23. The Morgan fingerprint density at radius 1 is 1.11 bits per heavy atom. The fraction of sp³-hybridized carbons (Fsp3) is 0.0556. The van der Waals surface area contributed by atoms with Gasteiger partial charge in [-0.2, -0.15) is 5.26 Å². The first-order valence-electron chi connectivity index (χ1n) is 7.92. The van der Waals surface area contributed by atoms with Crippen LogP contribution in [0.1, 0.15) is 5.56 Å². The van der Waals surface area contributed by atoms with Crippen LogP contribution in [0.4, 0.5) is 0 Å². The Morgan fingerprint density at radius 2 is 1.89 bits per heavy atom. The Kier molecular flexibility index (Phi) is 4.81. The Bertz CT molecular complexity index is 1320. The third-order valence-electron chi connectivity index (χ3n) is 3.99. The highest BCUT2D eigenvalue weighted by Crippen LogP contribution is 2.27. The third-order valence-corrected chi connectivity index (χ3v) is 5.07. The quantitative estimate of drug-likeness (QED) is 0.279. The number of benzene rings is 1. The van der Waals surface area contributed by atoms with E-state index in [1.807, 2.05) is 6.26 Å². The van der Waals surface area contributed by atoms with E-state index in [4.69, 9.17) is 23.2 Å². The number of pyridine rings is 1. The molecule has 0 saturated heterocycles. The maximum atomic E-state index is 13.3. The SMILES string of the molecule is CSc1ncc2c(=O)n(-c3c(Cl)cccc3C#N)n(-c3cccc(Cl)n3)c2n1. The summed E-state index contributed by atoms with van der Waals surface area (Å²) in [5, 5.41) is 10.8. The molecule has 0 aliphatic carbocycles. The Labute approximate surface area is 173 Å². The highest BCUT2D eigenvalue weighted by atomic mass is 35.5.